The van der Waals surface area contributed by atoms with Crippen LogP contribution in [0.1, 0.15) is 34.6 Å². The Morgan fingerprint density at radius 1 is 1.19 bits per heavy atom. The normalized spacial score (nSPS) is 15.0. The fourth-order valence-corrected chi connectivity index (χ4v) is 3.14. The molecule has 0 spiro atoms. The number of benzene rings is 1. The van der Waals surface area contributed by atoms with E-state index in [4.69, 9.17) is 16.3 Å². The van der Waals surface area contributed by atoms with E-state index in [9.17, 15) is 9.59 Å². The van der Waals surface area contributed by atoms with Crippen molar-refractivity contribution >= 4 is 34.6 Å². The van der Waals surface area contributed by atoms with Crippen LogP contribution in [-0.4, -0.2) is 58.5 Å². The summed E-state index contributed by atoms with van der Waals surface area (Å²) in [5.41, 5.74) is 3.79. The SMILES string of the molecule is Cc1nc2ccc(C(=O)NC3CCN(C(=O)OCCCl)CC3)cc2nc1C. The summed E-state index contributed by atoms with van der Waals surface area (Å²) >= 11 is 5.52. The number of carbonyl (C=O) groups is 2. The Bertz CT molecular complexity index is 850. The summed E-state index contributed by atoms with van der Waals surface area (Å²) in [4.78, 5) is 35.1. The third-order valence-electron chi connectivity index (χ3n) is 4.73. The van der Waals surface area contributed by atoms with E-state index in [1.54, 1.807) is 17.0 Å². The summed E-state index contributed by atoms with van der Waals surface area (Å²) < 4.78 is 5.03. The van der Waals surface area contributed by atoms with E-state index < -0.39 is 0 Å². The second kappa shape index (κ2) is 8.52. The molecular formula is C19H23ClN4O3. The van der Waals surface area contributed by atoms with Crippen molar-refractivity contribution in [2.24, 2.45) is 0 Å². The molecule has 1 saturated heterocycles. The summed E-state index contributed by atoms with van der Waals surface area (Å²) in [6, 6.07) is 5.37. The van der Waals surface area contributed by atoms with Gasteiger partial charge in [0, 0.05) is 24.7 Å². The van der Waals surface area contributed by atoms with E-state index in [-0.39, 0.29) is 30.5 Å². The van der Waals surface area contributed by atoms with Crippen LogP contribution in [0.4, 0.5) is 4.79 Å². The van der Waals surface area contributed by atoms with E-state index in [1.165, 1.54) is 0 Å². The van der Waals surface area contributed by atoms with Gasteiger partial charge in [-0.2, -0.15) is 0 Å². The lowest BCUT2D eigenvalue weighted by atomic mass is 10.0. The van der Waals surface area contributed by atoms with Crippen LogP contribution in [0.25, 0.3) is 11.0 Å². The van der Waals surface area contributed by atoms with Crippen LogP contribution in [0, 0.1) is 13.8 Å². The van der Waals surface area contributed by atoms with E-state index in [2.05, 4.69) is 15.3 Å². The van der Waals surface area contributed by atoms with Gasteiger partial charge in [0.1, 0.15) is 6.61 Å². The molecule has 1 aromatic heterocycles. The minimum absolute atomic E-state index is 0.0242. The van der Waals surface area contributed by atoms with Gasteiger partial charge < -0.3 is 15.0 Å². The molecule has 3 rings (SSSR count). The lowest BCUT2D eigenvalue weighted by Crippen LogP contribution is -2.46. The fourth-order valence-electron chi connectivity index (χ4n) is 3.06. The third kappa shape index (κ3) is 4.66. The van der Waals surface area contributed by atoms with Crippen LogP contribution in [-0.2, 0) is 4.74 Å². The number of rotatable bonds is 4. The zero-order chi connectivity index (χ0) is 19.4. The zero-order valence-electron chi connectivity index (χ0n) is 15.5. The van der Waals surface area contributed by atoms with Crippen molar-refractivity contribution in [3.05, 3.63) is 35.2 Å². The summed E-state index contributed by atoms with van der Waals surface area (Å²) in [7, 11) is 0. The Morgan fingerprint density at radius 3 is 2.52 bits per heavy atom. The molecule has 144 valence electrons. The lowest BCUT2D eigenvalue weighted by Gasteiger charge is -2.31. The number of aryl methyl sites for hydroxylation is 2. The largest absolute Gasteiger partial charge is 0.448 e. The maximum absolute atomic E-state index is 12.6. The zero-order valence-corrected chi connectivity index (χ0v) is 16.3. The first kappa shape index (κ1) is 19.4. The van der Waals surface area contributed by atoms with Gasteiger partial charge >= 0.3 is 6.09 Å². The van der Waals surface area contributed by atoms with Crippen molar-refractivity contribution in [2.45, 2.75) is 32.7 Å². The molecule has 1 aliphatic rings. The Balaban J connectivity index is 1.59. The van der Waals surface area contributed by atoms with Crippen LogP contribution in [0.15, 0.2) is 18.2 Å². The Labute approximate surface area is 163 Å². The second-order valence-electron chi connectivity index (χ2n) is 6.64. The molecule has 0 atom stereocenters. The number of piperidine rings is 1. The van der Waals surface area contributed by atoms with Crippen LogP contribution < -0.4 is 5.32 Å². The minimum Gasteiger partial charge on any atom is -0.448 e. The minimum atomic E-state index is -0.348. The predicted octanol–water partition coefficient (Wildman–Crippen LogP) is 2.82. The number of likely N-dealkylation sites (tertiary alicyclic amines) is 1. The third-order valence-corrected chi connectivity index (χ3v) is 4.88. The molecule has 0 radical (unpaired) electrons. The van der Waals surface area contributed by atoms with Gasteiger partial charge in [0.05, 0.1) is 28.3 Å². The van der Waals surface area contributed by atoms with Crippen LogP contribution in [0.5, 0.6) is 0 Å². The molecule has 2 heterocycles. The molecule has 0 unspecified atom stereocenters. The lowest BCUT2D eigenvalue weighted by molar-refractivity contribution is 0.0862. The maximum atomic E-state index is 12.6. The van der Waals surface area contributed by atoms with Gasteiger partial charge in [0.15, 0.2) is 0 Å². The number of carbonyl (C=O) groups excluding carboxylic acids is 2. The Morgan fingerprint density at radius 2 is 1.85 bits per heavy atom. The fraction of sp³-hybridized carbons (Fsp3) is 0.474. The number of fused-ring (bicyclic) bond motifs is 1. The highest BCUT2D eigenvalue weighted by Crippen LogP contribution is 2.16. The van der Waals surface area contributed by atoms with Crippen LogP contribution >= 0.6 is 11.6 Å². The second-order valence-corrected chi connectivity index (χ2v) is 7.01. The van der Waals surface area contributed by atoms with Crippen molar-refractivity contribution in [1.29, 1.82) is 0 Å². The summed E-state index contributed by atoms with van der Waals surface area (Å²) in [6.07, 6.45) is 1.03. The summed E-state index contributed by atoms with van der Waals surface area (Å²) in [6.45, 7) is 5.13. The first-order valence-corrected chi connectivity index (χ1v) is 9.55. The monoisotopic (exact) mass is 390 g/mol. The van der Waals surface area contributed by atoms with E-state index in [0.717, 1.165) is 16.9 Å². The highest BCUT2D eigenvalue weighted by molar-refractivity contribution is 6.18. The average Bonchev–Trinajstić information content (AvgIpc) is 2.67. The summed E-state index contributed by atoms with van der Waals surface area (Å²) in [5.74, 6) is 0.146. The smallest absolute Gasteiger partial charge is 0.409 e. The van der Waals surface area contributed by atoms with Gasteiger partial charge in [-0.3, -0.25) is 4.79 Å². The van der Waals surface area contributed by atoms with Gasteiger partial charge in [-0.1, -0.05) is 0 Å². The van der Waals surface area contributed by atoms with Gasteiger partial charge in [-0.25, -0.2) is 14.8 Å². The molecule has 2 amide bonds. The molecule has 0 saturated carbocycles. The highest BCUT2D eigenvalue weighted by atomic mass is 35.5. The van der Waals surface area contributed by atoms with Crippen molar-refractivity contribution in [2.75, 3.05) is 25.6 Å². The molecule has 0 aliphatic carbocycles. The van der Waals surface area contributed by atoms with Gasteiger partial charge in [-0.05, 0) is 44.9 Å². The number of nitrogens with zero attached hydrogens (tertiary/aromatic N) is 3. The Hall–Kier alpha value is -2.41. The van der Waals surface area contributed by atoms with Gasteiger partial charge in [0.25, 0.3) is 5.91 Å². The molecule has 0 bridgehead atoms. The number of amides is 2. The molecule has 27 heavy (non-hydrogen) atoms. The number of halogens is 1. The molecule has 1 aliphatic heterocycles. The maximum Gasteiger partial charge on any atom is 0.409 e. The van der Waals surface area contributed by atoms with Crippen molar-refractivity contribution < 1.29 is 14.3 Å². The number of hydrogen-bond acceptors (Lipinski definition) is 5. The topological polar surface area (TPSA) is 84.4 Å². The number of ether oxygens (including phenoxy) is 1. The van der Waals surface area contributed by atoms with Crippen molar-refractivity contribution in [3.8, 4) is 0 Å². The number of nitrogens with one attached hydrogen (secondary N) is 1. The van der Waals surface area contributed by atoms with E-state index in [0.29, 0.717) is 37.0 Å². The van der Waals surface area contributed by atoms with E-state index >= 15 is 0 Å². The van der Waals surface area contributed by atoms with Crippen LogP contribution in [0.3, 0.4) is 0 Å². The van der Waals surface area contributed by atoms with Gasteiger partial charge in [-0.15, -0.1) is 11.6 Å². The first-order chi connectivity index (χ1) is 13.0. The average molecular weight is 391 g/mol. The predicted molar refractivity (Wildman–Crippen MR) is 103 cm³/mol. The molecule has 1 fully saturated rings. The Kier molecular flexibility index (Phi) is 6.11. The van der Waals surface area contributed by atoms with E-state index in [1.807, 2.05) is 19.9 Å². The quantitative estimate of drug-likeness (QED) is 0.811. The molecule has 7 nitrogen and oxygen atoms in total. The molecule has 1 aromatic carbocycles. The molecule has 2 aromatic rings. The van der Waals surface area contributed by atoms with Crippen molar-refractivity contribution in [1.82, 2.24) is 20.2 Å². The highest BCUT2D eigenvalue weighted by Gasteiger charge is 2.25. The standard InChI is InChI=1S/C19H23ClN4O3/c1-12-13(2)22-17-11-14(3-4-16(17)21-12)18(25)23-15-5-8-24(9-6-15)19(26)27-10-7-20/h3-4,11,15H,5-10H2,1-2H3,(H,23,25). The van der Waals surface area contributed by atoms with Crippen molar-refractivity contribution in [3.63, 3.8) is 0 Å². The first-order valence-electron chi connectivity index (χ1n) is 9.01. The number of alkyl halides is 1. The van der Waals surface area contributed by atoms with Gasteiger partial charge in [0.2, 0.25) is 0 Å². The summed E-state index contributed by atoms with van der Waals surface area (Å²) in [5, 5.41) is 3.04. The molecule has 1 N–H and O–H groups in total. The number of aromatic nitrogens is 2. The molecule has 8 heteroatoms. The number of hydrogen-bond donors (Lipinski definition) is 1. The molecular weight excluding hydrogens is 368 g/mol. The van der Waals surface area contributed by atoms with Crippen LogP contribution in [0.2, 0.25) is 0 Å².